The van der Waals surface area contributed by atoms with E-state index in [1.807, 2.05) is 18.2 Å². The van der Waals surface area contributed by atoms with Gasteiger partial charge in [-0.05, 0) is 42.9 Å². The van der Waals surface area contributed by atoms with Crippen molar-refractivity contribution in [1.29, 1.82) is 0 Å². The molecule has 1 aromatic carbocycles. The summed E-state index contributed by atoms with van der Waals surface area (Å²) in [7, 11) is 0. The second kappa shape index (κ2) is 6.10. The third-order valence-corrected chi connectivity index (χ3v) is 5.03. The number of nitrogens with zero attached hydrogens (tertiary/aromatic N) is 1. The van der Waals surface area contributed by atoms with Crippen LogP contribution in [0.25, 0.3) is 6.08 Å². The van der Waals surface area contributed by atoms with Gasteiger partial charge in [0.1, 0.15) is 0 Å². The highest BCUT2D eigenvalue weighted by molar-refractivity contribution is 6.33. The number of carbonyl (C=O) groups is 1. The molecule has 2 fully saturated rings. The minimum Gasteiger partial charge on any atom is -0.478 e. The number of carboxylic acids is 1. The summed E-state index contributed by atoms with van der Waals surface area (Å²) in [5.74, 6) is -0.163. The SMILES string of the molecule is O=C(O)/C=C/c1cccc(Cl)c1N1CCC2CCCCC21. The molecule has 0 spiro atoms. The molecule has 2 atom stereocenters. The molecule has 2 aliphatic rings. The number of fused-ring (bicyclic) bond motifs is 1. The summed E-state index contributed by atoms with van der Waals surface area (Å²) in [6, 6.07) is 6.28. The summed E-state index contributed by atoms with van der Waals surface area (Å²) in [4.78, 5) is 13.2. The molecule has 0 radical (unpaired) electrons. The normalized spacial score (nSPS) is 25.3. The van der Waals surface area contributed by atoms with E-state index in [4.69, 9.17) is 16.7 Å². The van der Waals surface area contributed by atoms with Crippen molar-refractivity contribution in [2.24, 2.45) is 5.92 Å². The first-order chi connectivity index (χ1) is 10.2. The van der Waals surface area contributed by atoms with Gasteiger partial charge in [0.2, 0.25) is 0 Å². The molecule has 1 aliphatic heterocycles. The molecule has 4 heteroatoms. The van der Waals surface area contributed by atoms with Crippen LogP contribution in [-0.2, 0) is 4.79 Å². The third-order valence-electron chi connectivity index (χ3n) is 4.72. The van der Waals surface area contributed by atoms with Gasteiger partial charge in [-0.2, -0.15) is 0 Å². The smallest absolute Gasteiger partial charge is 0.328 e. The zero-order valence-electron chi connectivity index (χ0n) is 12.0. The molecule has 3 rings (SSSR count). The highest BCUT2D eigenvalue weighted by atomic mass is 35.5. The van der Waals surface area contributed by atoms with Gasteiger partial charge >= 0.3 is 5.97 Å². The fourth-order valence-electron chi connectivity index (χ4n) is 3.81. The molecule has 3 nitrogen and oxygen atoms in total. The lowest BCUT2D eigenvalue weighted by atomic mass is 9.85. The predicted octanol–water partition coefficient (Wildman–Crippen LogP) is 4.21. The number of carboxylic acid groups (broad SMARTS) is 1. The first-order valence-corrected chi connectivity index (χ1v) is 8.01. The first kappa shape index (κ1) is 14.5. The van der Waals surface area contributed by atoms with E-state index in [-0.39, 0.29) is 0 Å². The Morgan fingerprint density at radius 1 is 1.29 bits per heavy atom. The molecular weight excluding hydrogens is 286 g/mol. The monoisotopic (exact) mass is 305 g/mol. The summed E-state index contributed by atoms with van der Waals surface area (Å²) in [5.41, 5.74) is 1.90. The zero-order chi connectivity index (χ0) is 14.8. The topological polar surface area (TPSA) is 40.5 Å². The van der Waals surface area contributed by atoms with Crippen LogP contribution in [0.1, 0.15) is 37.7 Å². The number of hydrogen-bond donors (Lipinski definition) is 1. The van der Waals surface area contributed by atoms with E-state index in [9.17, 15) is 4.79 Å². The maximum Gasteiger partial charge on any atom is 0.328 e. The van der Waals surface area contributed by atoms with E-state index in [1.165, 1.54) is 38.2 Å². The van der Waals surface area contributed by atoms with Crippen molar-refractivity contribution in [3.05, 3.63) is 34.9 Å². The maximum absolute atomic E-state index is 10.8. The van der Waals surface area contributed by atoms with Crippen LogP contribution in [0.5, 0.6) is 0 Å². The highest BCUT2D eigenvalue weighted by Gasteiger charge is 2.36. The lowest BCUT2D eigenvalue weighted by Crippen LogP contribution is -2.35. The molecule has 0 aromatic heterocycles. The largest absolute Gasteiger partial charge is 0.478 e. The molecule has 21 heavy (non-hydrogen) atoms. The van der Waals surface area contributed by atoms with Crippen LogP contribution in [0.2, 0.25) is 5.02 Å². The molecular formula is C17H20ClNO2. The molecule has 2 unspecified atom stereocenters. The van der Waals surface area contributed by atoms with E-state index >= 15 is 0 Å². The van der Waals surface area contributed by atoms with E-state index in [1.54, 1.807) is 6.08 Å². The van der Waals surface area contributed by atoms with Gasteiger partial charge in [0.05, 0.1) is 10.7 Å². The molecule has 1 aliphatic carbocycles. The molecule has 1 N–H and O–H groups in total. The van der Waals surface area contributed by atoms with Crippen molar-refractivity contribution in [1.82, 2.24) is 0 Å². The molecule has 1 heterocycles. The van der Waals surface area contributed by atoms with Gasteiger partial charge in [-0.15, -0.1) is 0 Å². The fourth-order valence-corrected chi connectivity index (χ4v) is 4.10. The van der Waals surface area contributed by atoms with Crippen LogP contribution in [0.15, 0.2) is 24.3 Å². The minimum atomic E-state index is -0.933. The Morgan fingerprint density at radius 3 is 2.90 bits per heavy atom. The Labute approximate surface area is 130 Å². The van der Waals surface area contributed by atoms with Crippen molar-refractivity contribution in [3.8, 4) is 0 Å². The summed E-state index contributed by atoms with van der Waals surface area (Å²) < 4.78 is 0. The van der Waals surface area contributed by atoms with Crippen molar-refractivity contribution >= 4 is 29.3 Å². The number of aliphatic carboxylic acids is 1. The number of rotatable bonds is 3. The lowest BCUT2D eigenvalue weighted by molar-refractivity contribution is -0.131. The second-order valence-electron chi connectivity index (χ2n) is 5.94. The third kappa shape index (κ3) is 2.93. The van der Waals surface area contributed by atoms with Crippen LogP contribution < -0.4 is 4.90 Å². The van der Waals surface area contributed by atoms with Gasteiger partial charge in [-0.1, -0.05) is 36.6 Å². The predicted molar refractivity (Wildman–Crippen MR) is 85.8 cm³/mol. The van der Waals surface area contributed by atoms with Gasteiger partial charge < -0.3 is 10.0 Å². The summed E-state index contributed by atoms with van der Waals surface area (Å²) in [6.07, 6.45) is 9.21. The molecule has 0 bridgehead atoms. The van der Waals surface area contributed by atoms with Crippen molar-refractivity contribution in [3.63, 3.8) is 0 Å². The molecule has 1 aromatic rings. The van der Waals surface area contributed by atoms with E-state index in [0.29, 0.717) is 11.1 Å². The van der Waals surface area contributed by atoms with E-state index in [2.05, 4.69) is 4.90 Å². The van der Waals surface area contributed by atoms with Gasteiger partial charge in [-0.25, -0.2) is 4.79 Å². The quantitative estimate of drug-likeness (QED) is 0.851. The Hall–Kier alpha value is -1.48. The molecule has 1 saturated heterocycles. The average Bonchev–Trinajstić information content (AvgIpc) is 2.89. The lowest BCUT2D eigenvalue weighted by Gasteiger charge is -2.34. The van der Waals surface area contributed by atoms with Crippen LogP contribution in [0.3, 0.4) is 0 Å². The van der Waals surface area contributed by atoms with Crippen molar-refractivity contribution in [2.45, 2.75) is 38.1 Å². The standard InChI is InChI=1S/C17H20ClNO2/c18-14-6-3-5-13(8-9-16(20)21)17(14)19-11-10-12-4-1-2-7-15(12)19/h3,5-6,8-9,12,15H,1-2,4,7,10-11H2,(H,20,21)/b9-8+. The Bertz CT molecular complexity index is 570. The van der Waals surface area contributed by atoms with Crippen molar-refractivity contribution in [2.75, 3.05) is 11.4 Å². The van der Waals surface area contributed by atoms with Gasteiger partial charge in [0.25, 0.3) is 0 Å². The molecule has 1 saturated carbocycles. The number of halogens is 1. The van der Waals surface area contributed by atoms with Crippen LogP contribution >= 0.6 is 11.6 Å². The minimum absolute atomic E-state index is 0.565. The van der Waals surface area contributed by atoms with E-state index < -0.39 is 5.97 Å². The number of para-hydroxylation sites is 1. The fraction of sp³-hybridized carbons (Fsp3) is 0.471. The average molecular weight is 306 g/mol. The molecule has 0 amide bonds. The summed E-state index contributed by atoms with van der Waals surface area (Å²) >= 11 is 6.43. The van der Waals surface area contributed by atoms with Gasteiger partial charge in [-0.3, -0.25) is 0 Å². The Kier molecular flexibility index (Phi) is 4.20. The second-order valence-corrected chi connectivity index (χ2v) is 6.35. The number of benzene rings is 1. The zero-order valence-corrected chi connectivity index (χ0v) is 12.7. The highest BCUT2D eigenvalue weighted by Crippen LogP contribution is 2.42. The van der Waals surface area contributed by atoms with Gasteiger partial charge in [0, 0.05) is 18.7 Å². The number of anilines is 1. The van der Waals surface area contributed by atoms with Crippen LogP contribution in [0.4, 0.5) is 5.69 Å². The molecule has 112 valence electrons. The summed E-state index contributed by atoms with van der Waals surface area (Å²) in [6.45, 7) is 1.02. The summed E-state index contributed by atoms with van der Waals surface area (Å²) in [5, 5.41) is 9.57. The maximum atomic E-state index is 10.8. The van der Waals surface area contributed by atoms with E-state index in [0.717, 1.165) is 23.7 Å². The number of hydrogen-bond acceptors (Lipinski definition) is 2. The Morgan fingerprint density at radius 2 is 2.10 bits per heavy atom. The first-order valence-electron chi connectivity index (χ1n) is 7.63. The van der Waals surface area contributed by atoms with Crippen molar-refractivity contribution < 1.29 is 9.90 Å². The van der Waals surface area contributed by atoms with Crippen LogP contribution in [-0.4, -0.2) is 23.7 Å². The van der Waals surface area contributed by atoms with Crippen LogP contribution in [0, 0.1) is 5.92 Å². The van der Waals surface area contributed by atoms with Gasteiger partial charge in [0.15, 0.2) is 0 Å². The Balaban J connectivity index is 1.95.